The fourth-order valence-electron chi connectivity index (χ4n) is 2.62. The van der Waals surface area contributed by atoms with Crippen molar-refractivity contribution < 1.29 is 15.0 Å². The molecule has 1 aliphatic rings. The van der Waals surface area contributed by atoms with E-state index >= 15 is 0 Å². The van der Waals surface area contributed by atoms with E-state index in [1.165, 1.54) is 0 Å². The summed E-state index contributed by atoms with van der Waals surface area (Å²) in [5.74, 6) is 5.63. The molecule has 0 saturated carbocycles. The molecule has 1 atom stereocenters. The predicted octanol–water partition coefficient (Wildman–Crippen LogP) is 0.660. The highest BCUT2D eigenvalue weighted by Gasteiger charge is 2.24. The predicted molar refractivity (Wildman–Crippen MR) is 78.5 cm³/mol. The van der Waals surface area contributed by atoms with Gasteiger partial charge in [-0.15, -0.1) is 0 Å². The lowest BCUT2D eigenvalue weighted by atomic mass is 9.95. The van der Waals surface area contributed by atoms with Gasteiger partial charge in [0.25, 0.3) is 5.91 Å². The molecule has 1 aromatic heterocycles. The Morgan fingerprint density at radius 2 is 2.29 bits per heavy atom. The molecule has 2 rings (SSSR count). The molecule has 0 spiro atoms. The lowest BCUT2D eigenvalue weighted by Gasteiger charge is -2.32. The summed E-state index contributed by atoms with van der Waals surface area (Å²) >= 11 is 0. The zero-order valence-electron chi connectivity index (χ0n) is 12.0. The maximum atomic E-state index is 12.5. The van der Waals surface area contributed by atoms with Gasteiger partial charge in [0.05, 0.1) is 5.56 Å². The fraction of sp³-hybridized carbons (Fsp3) is 0.500. The minimum absolute atomic E-state index is 0.0437. The highest BCUT2D eigenvalue weighted by Crippen LogP contribution is 2.21. The van der Waals surface area contributed by atoms with Gasteiger partial charge in [-0.25, -0.2) is 0 Å². The van der Waals surface area contributed by atoms with Crippen molar-refractivity contribution in [3.05, 3.63) is 29.6 Å². The third-order valence-corrected chi connectivity index (χ3v) is 3.64. The van der Waals surface area contributed by atoms with E-state index in [0.717, 1.165) is 25.8 Å². The Morgan fingerprint density at radius 1 is 1.43 bits per heavy atom. The summed E-state index contributed by atoms with van der Waals surface area (Å²) in [5.41, 5.74) is 1.14. The van der Waals surface area contributed by atoms with Gasteiger partial charge < -0.3 is 15.1 Å². The first-order valence-corrected chi connectivity index (χ1v) is 7.19. The summed E-state index contributed by atoms with van der Waals surface area (Å²) in [5, 5.41) is 17.7. The molecule has 5 nitrogen and oxygen atoms in total. The second kappa shape index (κ2) is 7.77. The number of hydrogen-bond donors (Lipinski definition) is 2. The summed E-state index contributed by atoms with van der Waals surface area (Å²) in [6, 6.07) is 1.70. The third kappa shape index (κ3) is 4.28. The van der Waals surface area contributed by atoms with E-state index < -0.39 is 0 Å². The molecule has 0 radical (unpaired) electrons. The quantitative estimate of drug-likeness (QED) is 0.801. The van der Waals surface area contributed by atoms with Crippen molar-refractivity contribution in [1.82, 2.24) is 9.88 Å². The molecule has 1 unspecified atom stereocenters. The minimum Gasteiger partial charge on any atom is -0.396 e. The molecular weight excluding hydrogens is 268 g/mol. The Labute approximate surface area is 124 Å². The van der Waals surface area contributed by atoms with Gasteiger partial charge in [0.15, 0.2) is 0 Å². The molecular formula is C16H20N2O3. The molecule has 2 heterocycles. The Balaban J connectivity index is 2.08. The van der Waals surface area contributed by atoms with Gasteiger partial charge in [-0.3, -0.25) is 9.78 Å². The number of aliphatic hydroxyl groups is 2. The van der Waals surface area contributed by atoms with Crippen LogP contribution < -0.4 is 0 Å². The molecule has 0 aliphatic carbocycles. The van der Waals surface area contributed by atoms with Gasteiger partial charge in [-0.05, 0) is 31.2 Å². The lowest BCUT2D eigenvalue weighted by molar-refractivity contribution is 0.0653. The van der Waals surface area contributed by atoms with Crippen LogP contribution in [0.4, 0.5) is 0 Å². The van der Waals surface area contributed by atoms with Crippen LogP contribution in [0, 0.1) is 17.8 Å². The number of nitrogens with zero attached hydrogens (tertiary/aromatic N) is 2. The topological polar surface area (TPSA) is 73.7 Å². The van der Waals surface area contributed by atoms with Crippen molar-refractivity contribution in [3.63, 3.8) is 0 Å². The monoisotopic (exact) mass is 288 g/mol. The molecule has 5 heteroatoms. The first-order valence-electron chi connectivity index (χ1n) is 7.19. The van der Waals surface area contributed by atoms with Crippen molar-refractivity contribution in [2.24, 2.45) is 5.92 Å². The molecule has 1 aliphatic heterocycles. The fourth-order valence-corrected chi connectivity index (χ4v) is 2.62. The Kier molecular flexibility index (Phi) is 5.73. The van der Waals surface area contributed by atoms with E-state index in [9.17, 15) is 4.79 Å². The molecule has 2 N–H and O–H groups in total. The van der Waals surface area contributed by atoms with E-state index in [0.29, 0.717) is 23.6 Å². The molecule has 21 heavy (non-hydrogen) atoms. The van der Waals surface area contributed by atoms with E-state index in [1.54, 1.807) is 18.5 Å². The maximum absolute atomic E-state index is 12.5. The van der Waals surface area contributed by atoms with Crippen molar-refractivity contribution in [3.8, 4) is 11.8 Å². The first kappa shape index (κ1) is 15.5. The summed E-state index contributed by atoms with van der Waals surface area (Å²) in [6.07, 6.45) is 5.88. The summed E-state index contributed by atoms with van der Waals surface area (Å²) in [7, 11) is 0. The largest absolute Gasteiger partial charge is 0.396 e. The number of likely N-dealkylation sites (tertiary alicyclic amines) is 1. The second-order valence-corrected chi connectivity index (χ2v) is 5.19. The number of aliphatic hydroxyl groups excluding tert-OH is 2. The number of pyridine rings is 1. The molecule has 112 valence electrons. The van der Waals surface area contributed by atoms with Crippen LogP contribution in [0.25, 0.3) is 0 Å². The Hall–Kier alpha value is -1.90. The second-order valence-electron chi connectivity index (χ2n) is 5.19. The van der Waals surface area contributed by atoms with Crippen LogP contribution in [0.15, 0.2) is 18.5 Å². The van der Waals surface area contributed by atoms with Crippen molar-refractivity contribution in [1.29, 1.82) is 0 Å². The highest BCUT2D eigenvalue weighted by molar-refractivity contribution is 5.94. The number of carbonyl (C=O) groups excluding carboxylic acids is 1. The SMILES string of the molecule is O=C(c1cncc(C#CCO)c1)N1CCCC(CCO)C1. The zero-order valence-corrected chi connectivity index (χ0v) is 12.0. The van der Waals surface area contributed by atoms with Gasteiger partial charge in [0.2, 0.25) is 0 Å². The summed E-state index contributed by atoms with van der Waals surface area (Å²) < 4.78 is 0. The summed E-state index contributed by atoms with van der Waals surface area (Å²) in [6.45, 7) is 1.38. The van der Waals surface area contributed by atoms with Crippen LogP contribution in [-0.4, -0.2) is 52.3 Å². The number of amides is 1. The normalized spacial score (nSPS) is 18.0. The molecule has 0 aromatic carbocycles. The van der Waals surface area contributed by atoms with Crippen LogP contribution in [0.2, 0.25) is 0 Å². The van der Waals surface area contributed by atoms with E-state index in [1.807, 2.05) is 4.90 Å². The first-order chi connectivity index (χ1) is 10.2. The highest BCUT2D eigenvalue weighted by atomic mass is 16.3. The third-order valence-electron chi connectivity index (χ3n) is 3.64. The van der Waals surface area contributed by atoms with Crippen molar-refractivity contribution in [2.75, 3.05) is 26.3 Å². The standard InChI is InChI=1S/C16H20N2O3/c19-7-2-4-14-9-15(11-17-10-14)16(21)18-6-1-3-13(12-18)5-8-20/h9-11,13,19-20H,1,3,5-8,12H2. The van der Waals surface area contributed by atoms with Gasteiger partial charge in [0.1, 0.15) is 6.61 Å². The minimum atomic E-state index is -0.215. The van der Waals surface area contributed by atoms with Crippen molar-refractivity contribution in [2.45, 2.75) is 19.3 Å². The van der Waals surface area contributed by atoms with Crippen LogP contribution in [0.3, 0.4) is 0 Å². The van der Waals surface area contributed by atoms with E-state index in [2.05, 4.69) is 16.8 Å². The summed E-state index contributed by atoms with van der Waals surface area (Å²) in [4.78, 5) is 18.4. The number of rotatable bonds is 3. The van der Waals surface area contributed by atoms with Crippen molar-refractivity contribution >= 4 is 5.91 Å². The molecule has 1 amide bonds. The number of carbonyl (C=O) groups is 1. The molecule has 0 bridgehead atoms. The van der Waals surface area contributed by atoms with E-state index in [-0.39, 0.29) is 19.1 Å². The van der Waals surface area contributed by atoms with Gasteiger partial charge >= 0.3 is 0 Å². The van der Waals surface area contributed by atoms with Crippen LogP contribution >= 0.6 is 0 Å². The molecule has 1 fully saturated rings. The maximum Gasteiger partial charge on any atom is 0.255 e. The Bertz CT molecular complexity index is 546. The number of piperidine rings is 1. The average Bonchev–Trinajstić information content (AvgIpc) is 2.53. The lowest BCUT2D eigenvalue weighted by Crippen LogP contribution is -2.40. The van der Waals surface area contributed by atoms with Gasteiger partial charge in [-0.2, -0.15) is 0 Å². The van der Waals surface area contributed by atoms with Gasteiger partial charge in [-0.1, -0.05) is 11.8 Å². The van der Waals surface area contributed by atoms with Crippen LogP contribution in [0.5, 0.6) is 0 Å². The molecule has 1 aromatic rings. The number of aromatic nitrogens is 1. The van der Waals surface area contributed by atoms with Gasteiger partial charge in [0, 0.05) is 37.7 Å². The van der Waals surface area contributed by atoms with E-state index in [4.69, 9.17) is 10.2 Å². The molecule has 1 saturated heterocycles. The van der Waals surface area contributed by atoms with Crippen LogP contribution in [-0.2, 0) is 0 Å². The zero-order chi connectivity index (χ0) is 15.1. The average molecular weight is 288 g/mol. The smallest absolute Gasteiger partial charge is 0.255 e. The number of hydrogen-bond acceptors (Lipinski definition) is 4. The Morgan fingerprint density at radius 3 is 3.05 bits per heavy atom. The van der Waals surface area contributed by atoms with Crippen LogP contribution in [0.1, 0.15) is 35.2 Å².